The van der Waals surface area contributed by atoms with Gasteiger partial charge in [0.2, 0.25) is 0 Å². The quantitative estimate of drug-likeness (QED) is 0.680. The molecule has 1 atom stereocenters. The van der Waals surface area contributed by atoms with Crippen molar-refractivity contribution in [3.05, 3.63) is 0 Å². The number of rotatable bonds is 2. The van der Waals surface area contributed by atoms with Crippen LogP contribution in [0.5, 0.6) is 0 Å². The topological polar surface area (TPSA) is 20.6 Å². The molecule has 0 spiro atoms. The third-order valence-electron chi connectivity index (χ3n) is 4.29. The third-order valence-corrected chi connectivity index (χ3v) is 4.29. The number of likely N-dealkylation sites (tertiary alicyclic amines) is 2. The van der Waals surface area contributed by atoms with Crippen LogP contribution in [-0.2, 0) is 0 Å². The molecule has 0 N–H and O–H groups in total. The van der Waals surface area contributed by atoms with E-state index in [0.717, 1.165) is 6.54 Å². The van der Waals surface area contributed by atoms with E-state index < -0.39 is 0 Å². The van der Waals surface area contributed by atoms with Gasteiger partial charge in [-0.3, -0.25) is 9.80 Å². The van der Waals surface area contributed by atoms with Gasteiger partial charge in [-0.25, -0.2) is 5.32 Å². The van der Waals surface area contributed by atoms with E-state index in [2.05, 4.69) is 9.80 Å². The highest BCUT2D eigenvalue weighted by Crippen LogP contribution is 2.34. The lowest BCUT2D eigenvalue weighted by Gasteiger charge is -2.55. The van der Waals surface area contributed by atoms with Crippen molar-refractivity contribution in [3.63, 3.8) is 0 Å². The second kappa shape index (κ2) is 4.04. The van der Waals surface area contributed by atoms with E-state index in [1.54, 1.807) is 0 Å². The van der Waals surface area contributed by atoms with Crippen LogP contribution < -0.4 is 5.32 Å². The lowest BCUT2D eigenvalue weighted by molar-refractivity contribution is -0.132. The minimum absolute atomic E-state index is 0.164. The molecule has 3 fully saturated rings. The van der Waals surface area contributed by atoms with Crippen molar-refractivity contribution in [1.82, 2.24) is 15.1 Å². The number of nitrogens with zero attached hydrogens (tertiary/aromatic N) is 3. The van der Waals surface area contributed by atoms with Crippen LogP contribution in [0.4, 0.5) is 0 Å². The summed E-state index contributed by atoms with van der Waals surface area (Å²) in [5.74, 6) is 0.164. The number of hydrogen-bond donors (Lipinski definition) is 0. The van der Waals surface area contributed by atoms with Crippen molar-refractivity contribution >= 4 is 0 Å². The zero-order valence-electron chi connectivity index (χ0n) is 9.62. The molecule has 3 aliphatic heterocycles. The summed E-state index contributed by atoms with van der Waals surface area (Å²) in [7, 11) is 0. The molecule has 0 aromatic heterocycles. The lowest BCUT2D eigenvalue weighted by Crippen LogP contribution is -2.72. The molecule has 3 nitrogen and oxygen atoms in total. The fraction of sp³-hybridized carbons (Fsp3) is 1.00. The Labute approximate surface area is 92.8 Å². The third kappa shape index (κ3) is 1.61. The maximum Gasteiger partial charge on any atom is 0.145 e. The van der Waals surface area contributed by atoms with Crippen LogP contribution in [-0.4, -0.2) is 48.3 Å². The highest BCUT2D eigenvalue weighted by atomic mass is 15.5. The SMILES string of the molecule is C1CCN(C2(N3CCCC3)CC[N]2)CC1. The minimum atomic E-state index is 0.164. The maximum absolute atomic E-state index is 4.86. The van der Waals surface area contributed by atoms with Crippen molar-refractivity contribution < 1.29 is 0 Å². The summed E-state index contributed by atoms with van der Waals surface area (Å²) in [4.78, 5) is 5.30. The number of piperidine rings is 1. The Kier molecular flexibility index (Phi) is 2.71. The first-order valence-electron chi connectivity index (χ1n) is 6.61. The highest BCUT2D eigenvalue weighted by molar-refractivity contribution is 4.97. The van der Waals surface area contributed by atoms with Crippen LogP contribution in [0, 0.1) is 0 Å². The molecule has 15 heavy (non-hydrogen) atoms. The monoisotopic (exact) mass is 208 g/mol. The zero-order valence-corrected chi connectivity index (χ0v) is 9.62. The van der Waals surface area contributed by atoms with Gasteiger partial charge in [0.05, 0.1) is 0 Å². The average molecular weight is 208 g/mol. The molecule has 3 saturated heterocycles. The second-order valence-electron chi connectivity index (χ2n) is 5.15. The Bertz CT molecular complexity index is 213. The Morgan fingerprint density at radius 2 is 1.20 bits per heavy atom. The molecule has 85 valence electrons. The summed E-state index contributed by atoms with van der Waals surface area (Å²) in [5.41, 5.74) is 0. The minimum Gasteiger partial charge on any atom is -0.272 e. The summed E-state index contributed by atoms with van der Waals surface area (Å²) in [5, 5.41) is 4.86. The largest absolute Gasteiger partial charge is 0.272 e. The van der Waals surface area contributed by atoms with Gasteiger partial charge < -0.3 is 0 Å². The van der Waals surface area contributed by atoms with E-state index in [1.807, 2.05) is 0 Å². The molecule has 1 radical (unpaired) electrons. The molecular weight excluding hydrogens is 186 g/mol. The van der Waals surface area contributed by atoms with Gasteiger partial charge in [0, 0.05) is 39.1 Å². The Morgan fingerprint density at radius 1 is 0.733 bits per heavy atom. The van der Waals surface area contributed by atoms with E-state index in [9.17, 15) is 0 Å². The van der Waals surface area contributed by atoms with Crippen molar-refractivity contribution in [2.75, 3.05) is 32.7 Å². The maximum atomic E-state index is 4.86. The summed E-state index contributed by atoms with van der Waals surface area (Å²) >= 11 is 0. The van der Waals surface area contributed by atoms with E-state index >= 15 is 0 Å². The van der Waals surface area contributed by atoms with Crippen molar-refractivity contribution in [2.24, 2.45) is 0 Å². The summed E-state index contributed by atoms with van der Waals surface area (Å²) < 4.78 is 0. The molecule has 0 aliphatic carbocycles. The lowest BCUT2D eigenvalue weighted by atomic mass is 10.00. The molecular formula is C12H22N3. The van der Waals surface area contributed by atoms with Crippen molar-refractivity contribution in [1.29, 1.82) is 0 Å². The van der Waals surface area contributed by atoms with Gasteiger partial charge in [-0.05, 0) is 25.7 Å². The molecule has 3 rings (SSSR count). The Balaban J connectivity index is 1.72. The van der Waals surface area contributed by atoms with E-state index in [0.29, 0.717) is 0 Å². The van der Waals surface area contributed by atoms with Gasteiger partial charge in [0.15, 0.2) is 0 Å². The second-order valence-corrected chi connectivity index (χ2v) is 5.15. The first kappa shape index (κ1) is 10.1. The molecule has 0 aromatic carbocycles. The molecule has 0 amide bonds. The number of hydrogen-bond acceptors (Lipinski definition) is 2. The summed E-state index contributed by atoms with van der Waals surface area (Å²) in [6.07, 6.45) is 8.23. The predicted octanol–water partition coefficient (Wildman–Crippen LogP) is 1.23. The fourth-order valence-electron chi connectivity index (χ4n) is 3.36. The van der Waals surface area contributed by atoms with Gasteiger partial charge in [-0.15, -0.1) is 0 Å². The van der Waals surface area contributed by atoms with Gasteiger partial charge in [-0.1, -0.05) is 6.42 Å². The predicted molar refractivity (Wildman–Crippen MR) is 60.6 cm³/mol. The van der Waals surface area contributed by atoms with Crippen LogP contribution in [0.1, 0.15) is 38.5 Å². The first-order valence-corrected chi connectivity index (χ1v) is 6.61. The fourth-order valence-corrected chi connectivity index (χ4v) is 3.36. The van der Waals surface area contributed by atoms with Gasteiger partial charge in [0.1, 0.15) is 5.79 Å². The average Bonchev–Trinajstić information content (AvgIpc) is 2.72. The Hall–Kier alpha value is -0.120. The zero-order chi connectivity index (χ0) is 10.1. The van der Waals surface area contributed by atoms with Gasteiger partial charge in [-0.2, -0.15) is 0 Å². The van der Waals surface area contributed by atoms with Crippen LogP contribution in [0.3, 0.4) is 0 Å². The molecule has 3 aliphatic rings. The van der Waals surface area contributed by atoms with Crippen molar-refractivity contribution in [2.45, 2.75) is 44.3 Å². The standard InChI is InChI=1S/C12H22N3/c1-2-8-14(9-3-1)12(6-7-13-12)15-10-4-5-11-15/h1-11H2. The molecule has 3 heteroatoms. The van der Waals surface area contributed by atoms with Crippen molar-refractivity contribution in [3.8, 4) is 0 Å². The summed E-state index contributed by atoms with van der Waals surface area (Å²) in [6.45, 7) is 6.20. The molecule has 0 saturated carbocycles. The Morgan fingerprint density at radius 3 is 1.60 bits per heavy atom. The van der Waals surface area contributed by atoms with E-state index in [-0.39, 0.29) is 5.79 Å². The first-order chi connectivity index (χ1) is 7.42. The smallest absolute Gasteiger partial charge is 0.145 e. The molecule has 0 aromatic rings. The summed E-state index contributed by atoms with van der Waals surface area (Å²) in [6, 6.07) is 0. The molecule has 3 heterocycles. The van der Waals surface area contributed by atoms with Crippen LogP contribution in [0.2, 0.25) is 0 Å². The van der Waals surface area contributed by atoms with E-state index in [4.69, 9.17) is 5.32 Å². The van der Waals surface area contributed by atoms with E-state index in [1.165, 1.54) is 64.7 Å². The van der Waals surface area contributed by atoms with Crippen LogP contribution in [0.25, 0.3) is 0 Å². The normalized spacial score (nSPS) is 39.2. The van der Waals surface area contributed by atoms with Gasteiger partial charge >= 0.3 is 0 Å². The van der Waals surface area contributed by atoms with Crippen LogP contribution in [0.15, 0.2) is 0 Å². The highest BCUT2D eigenvalue weighted by Gasteiger charge is 2.49. The molecule has 0 bridgehead atoms. The van der Waals surface area contributed by atoms with Gasteiger partial charge in [0.25, 0.3) is 0 Å². The van der Waals surface area contributed by atoms with Crippen LogP contribution >= 0.6 is 0 Å². The molecule has 1 unspecified atom stereocenters.